The van der Waals surface area contributed by atoms with E-state index in [0.717, 1.165) is 41.6 Å². The first-order chi connectivity index (χ1) is 35.3. The van der Waals surface area contributed by atoms with E-state index in [2.05, 4.69) is 77.1 Å². The van der Waals surface area contributed by atoms with Crippen molar-refractivity contribution in [3.8, 4) is 23.0 Å². The molecule has 2 aliphatic carbocycles. The second-order valence-electron chi connectivity index (χ2n) is 20.7. The lowest BCUT2D eigenvalue weighted by molar-refractivity contribution is -0.123. The van der Waals surface area contributed by atoms with E-state index in [1.807, 2.05) is 36.4 Å². The van der Waals surface area contributed by atoms with Crippen LogP contribution >= 0.6 is 11.6 Å². The molecule has 3 heterocycles. The molecule has 1 saturated carbocycles. The van der Waals surface area contributed by atoms with Gasteiger partial charge in [-0.15, -0.1) is 0 Å². The van der Waals surface area contributed by atoms with Crippen LogP contribution in [0.1, 0.15) is 99.7 Å². The normalized spacial score (nSPS) is 17.4. The zero-order valence-corrected chi connectivity index (χ0v) is 44.7. The Morgan fingerprint density at radius 3 is 2.09 bits per heavy atom. The van der Waals surface area contributed by atoms with Crippen LogP contribution in [-0.2, 0) is 45.2 Å². The number of rotatable bonds is 15. The fourth-order valence-corrected chi connectivity index (χ4v) is 15.8. The standard InChI is InChI=1S/C55H54ClF6N7O4SSi/c1-32-33(2)55(61,62)50-45(32)48(51(59)60)65-69(50)30-44(70)64-43(28-34-26-35(57)29-36(58)27-34)47-40(41-20-21-42(56)46-49(41)68(6)66-52(46)67-74(7,71)72)19-18-37(63-47)22-23-54(24-25-54)31-73-75(53(3,4)5,38-14-10-8-11-15-38)39-16-12-9-13-17-39/h8-21,26-27,29,32-33,43,51H,24-25,28,30-31H2,1-7H3,(H,64,70)(H,66,67)/t32-,33+,43-/m0/s1. The lowest BCUT2D eigenvalue weighted by Crippen LogP contribution is -2.67. The topological polar surface area (TPSA) is 133 Å². The van der Waals surface area contributed by atoms with E-state index in [0.29, 0.717) is 34.0 Å². The second-order valence-corrected chi connectivity index (χ2v) is 27.1. The minimum Gasteiger partial charge on any atom is -0.406 e. The van der Waals surface area contributed by atoms with Crippen molar-refractivity contribution in [2.45, 2.75) is 89.8 Å². The molecule has 75 heavy (non-hydrogen) atoms. The number of benzene rings is 4. The number of carbonyl (C=O) groups is 1. The third-order valence-corrected chi connectivity index (χ3v) is 20.2. The summed E-state index contributed by atoms with van der Waals surface area (Å²) in [7, 11) is -5.27. The number of hydrogen-bond acceptors (Lipinski definition) is 7. The van der Waals surface area contributed by atoms with Gasteiger partial charge in [-0.25, -0.2) is 31.0 Å². The van der Waals surface area contributed by atoms with Crippen LogP contribution in [0.4, 0.5) is 32.2 Å². The van der Waals surface area contributed by atoms with Crippen molar-refractivity contribution >= 4 is 62.9 Å². The van der Waals surface area contributed by atoms with Crippen LogP contribution in [-0.4, -0.2) is 60.0 Å². The number of nitrogens with one attached hydrogen (secondary N) is 2. The number of fused-ring (bicyclic) bond motifs is 2. The molecule has 2 aliphatic rings. The largest absolute Gasteiger partial charge is 0.406 e. The Balaban J connectivity index is 1.17. The van der Waals surface area contributed by atoms with E-state index >= 15 is 8.78 Å². The van der Waals surface area contributed by atoms with Gasteiger partial charge in [-0.05, 0) is 82.4 Å². The molecule has 9 rings (SSSR count). The average Bonchev–Trinajstić information content (AvgIpc) is 3.86. The van der Waals surface area contributed by atoms with Gasteiger partial charge in [0.2, 0.25) is 15.9 Å². The van der Waals surface area contributed by atoms with Gasteiger partial charge >= 0.3 is 0 Å². The molecule has 0 bridgehead atoms. The summed E-state index contributed by atoms with van der Waals surface area (Å²) >= 11 is 6.75. The molecule has 1 fully saturated rings. The lowest BCUT2D eigenvalue weighted by Gasteiger charge is -2.43. The van der Waals surface area contributed by atoms with Gasteiger partial charge in [0, 0.05) is 35.7 Å². The summed E-state index contributed by atoms with van der Waals surface area (Å²) in [6, 6.07) is 28.4. The van der Waals surface area contributed by atoms with E-state index in [-0.39, 0.29) is 50.2 Å². The number of hydrogen-bond donors (Lipinski definition) is 2. The molecule has 3 atom stereocenters. The Hall–Kier alpha value is -6.46. The molecule has 11 nitrogen and oxygen atoms in total. The van der Waals surface area contributed by atoms with Gasteiger partial charge in [-0.3, -0.25) is 18.9 Å². The van der Waals surface area contributed by atoms with E-state index in [1.54, 1.807) is 25.2 Å². The highest BCUT2D eigenvalue weighted by Gasteiger charge is 2.56. The first-order valence-electron chi connectivity index (χ1n) is 24.3. The van der Waals surface area contributed by atoms with Crippen molar-refractivity contribution in [3.05, 3.63) is 154 Å². The van der Waals surface area contributed by atoms with Crippen molar-refractivity contribution in [3.63, 3.8) is 0 Å². The van der Waals surface area contributed by atoms with Crippen LogP contribution < -0.4 is 20.4 Å². The van der Waals surface area contributed by atoms with E-state index in [1.165, 1.54) is 24.6 Å². The molecule has 3 aromatic heterocycles. The van der Waals surface area contributed by atoms with Gasteiger partial charge in [0.25, 0.3) is 20.7 Å². The van der Waals surface area contributed by atoms with Gasteiger partial charge in [0.05, 0.1) is 45.9 Å². The summed E-state index contributed by atoms with van der Waals surface area (Å²) in [5.74, 6) is -2.17. The van der Waals surface area contributed by atoms with Gasteiger partial charge in [0.15, 0.2) is 5.82 Å². The SMILES string of the molecule is C[C@@H]1c2c(C(F)F)nn(CC(=O)N[C@@H](Cc3cc(F)cc(F)c3)c3nc(C#CC4(CO[Si](c5ccccc5)(c5ccccc5)C(C)(C)C)CC4)ccc3-c3ccc(Cl)c4c(NS(C)(=O)=O)nn(C)c34)c2C(F)(F)[C@@H]1C. The van der Waals surface area contributed by atoms with Gasteiger partial charge < -0.3 is 9.74 Å². The van der Waals surface area contributed by atoms with E-state index in [4.69, 9.17) is 21.0 Å². The molecule has 1 amide bonds. The minimum absolute atomic E-state index is 0.0648. The highest BCUT2D eigenvalue weighted by Crippen LogP contribution is 2.55. The average molecular weight is 1090 g/mol. The van der Waals surface area contributed by atoms with Crippen LogP contribution in [0, 0.1) is 34.8 Å². The van der Waals surface area contributed by atoms with E-state index < -0.39 is 89.5 Å². The lowest BCUT2D eigenvalue weighted by atomic mass is 9.93. The maximum atomic E-state index is 15.9. The Kier molecular flexibility index (Phi) is 14.2. The highest BCUT2D eigenvalue weighted by molar-refractivity contribution is 7.92. The Morgan fingerprint density at radius 2 is 1.52 bits per heavy atom. The summed E-state index contributed by atoms with van der Waals surface area (Å²) in [6.07, 6.45) is -1.15. The summed E-state index contributed by atoms with van der Waals surface area (Å²) in [4.78, 5) is 19.5. The molecule has 0 radical (unpaired) electrons. The maximum absolute atomic E-state index is 15.9. The smallest absolute Gasteiger partial charge is 0.292 e. The summed E-state index contributed by atoms with van der Waals surface area (Å²) < 4.78 is 127. The second kappa shape index (κ2) is 19.9. The zero-order valence-electron chi connectivity index (χ0n) is 42.1. The molecule has 7 aromatic rings. The molecule has 0 spiro atoms. The van der Waals surface area contributed by atoms with Crippen molar-refractivity contribution in [2.75, 3.05) is 17.6 Å². The van der Waals surface area contributed by atoms with E-state index in [9.17, 15) is 30.8 Å². The summed E-state index contributed by atoms with van der Waals surface area (Å²) in [6.45, 7) is 8.57. The van der Waals surface area contributed by atoms with Gasteiger partial charge in [-0.2, -0.15) is 19.0 Å². The predicted molar refractivity (Wildman–Crippen MR) is 279 cm³/mol. The molecule has 0 saturated heterocycles. The molecular formula is C55H54ClF6N7O4SSi. The fourth-order valence-electron chi connectivity index (χ4n) is 10.4. The number of aryl methyl sites for hydroxylation is 1. The number of carbonyl (C=O) groups excluding carboxylic acids is 1. The Bertz CT molecular complexity index is 3460. The Morgan fingerprint density at radius 1 is 0.907 bits per heavy atom. The van der Waals surface area contributed by atoms with Crippen LogP contribution in [0.3, 0.4) is 0 Å². The number of sulfonamides is 1. The number of alkyl halides is 4. The molecule has 392 valence electrons. The summed E-state index contributed by atoms with van der Waals surface area (Å²) in [5.41, 5.74) is -1.15. The minimum atomic E-state index is -3.86. The fraction of sp³-hybridized carbons (Fsp3) is 0.345. The van der Waals surface area contributed by atoms with Crippen molar-refractivity contribution in [1.82, 2.24) is 29.9 Å². The quantitative estimate of drug-likeness (QED) is 0.0593. The van der Waals surface area contributed by atoms with Crippen molar-refractivity contribution < 1.29 is 44.0 Å². The van der Waals surface area contributed by atoms with Gasteiger partial charge in [-0.1, -0.05) is 119 Å². The number of nitrogens with zero attached hydrogens (tertiary/aromatic N) is 5. The third-order valence-electron chi connectivity index (χ3n) is 14.4. The van der Waals surface area contributed by atoms with Crippen molar-refractivity contribution in [1.29, 1.82) is 0 Å². The molecular weight excluding hydrogens is 1030 g/mol. The third kappa shape index (κ3) is 10.3. The number of pyridine rings is 1. The number of halogens is 7. The molecule has 2 N–H and O–H groups in total. The predicted octanol–water partition coefficient (Wildman–Crippen LogP) is 10.7. The monoisotopic (exact) mass is 1090 g/mol. The van der Waals surface area contributed by atoms with Crippen LogP contribution in [0.25, 0.3) is 22.0 Å². The van der Waals surface area contributed by atoms with Crippen LogP contribution in [0.15, 0.2) is 103 Å². The molecule has 0 aliphatic heterocycles. The first-order valence-corrected chi connectivity index (χ1v) is 28.4. The van der Waals surface area contributed by atoms with Crippen LogP contribution in [0.5, 0.6) is 0 Å². The van der Waals surface area contributed by atoms with Crippen molar-refractivity contribution in [2.24, 2.45) is 18.4 Å². The number of amides is 1. The summed E-state index contributed by atoms with van der Waals surface area (Å²) in [5, 5.41) is 13.3. The first kappa shape index (κ1) is 53.4. The molecule has 20 heteroatoms. The number of anilines is 1. The number of aromatic nitrogens is 5. The Labute approximate surface area is 437 Å². The van der Waals surface area contributed by atoms with Gasteiger partial charge in [0.1, 0.15) is 35.3 Å². The zero-order chi connectivity index (χ0) is 54.0. The molecule has 0 unspecified atom stereocenters. The highest BCUT2D eigenvalue weighted by atomic mass is 35.5. The van der Waals surface area contributed by atoms with Crippen LogP contribution in [0.2, 0.25) is 10.1 Å². The maximum Gasteiger partial charge on any atom is 0.292 e. The molecule has 4 aromatic carbocycles.